The smallest absolute Gasteiger partial charge is 0.315 e. The van der Waals surface area contributed by atoms with Crippen molar-refractivity contribution in [2.24, 2.45) is 0 Å². The van der Waals surface area contributed by atoms with E-state index in [1.165, 1.54) is 18.1 Å². The van der Waals surface area contributed by atoms with Gasteiger partial charge in [-0.2, -0.15) is 0 Å². The standard InChI is InChI=1S/C20H23N3O2/c1-13(15-8-5-9-18(10-15)22-14(2)24)21-20(25)23-19-11-16-6-3-4-7-17(16)12-19/h3-10,13,19H,11-12H2,1-2H3,(H,22,24)(H2,21,23,25). The van der Waals surface area contributed by atoms with Gasteiger partial charge in [0, 0.05) is 18.7 Å². The van der Waals surface area contributed by atoms with Gasteiger partial charge in [0.05, 0.1) is 6.04 Å². The zero-order valence-electron chi connectivity index (χ0n) is 14.5. The fraction of sp³-hybridized carbons (Fsp3) is 0.300. The lowest BCUT2D eigenvalue weighted by Gasteiger charge is -2.18. The fourth-order valence-corrected chi connectivity index (χ4v) is 3.26. The molecule has 25 heavy (non-hydrogen) atoms. The van der Waals surface area contributed by atoms with Crippen molar-refractivity contribution in [3.8, 4) is 0 Å². The zero-order chi connectivity index (χ0) is 17.8. The minimum atomic E-state index is -0.171. The molecular formula is C20H23N3O2. The summed E-state index contributed by atoms with van der Waals surface area (Å²) in [6.07, 6.45) is 1.74. The van der Waals surface area contributed by atoms with Crippen LogP contribution in [0.2, 0.25) is 0 Å². The molecule has 5 heteroatoms. The summed E-state index contributed by atoms with van der Waals surface area (Å²) >= 11 is 0. The van der Waals surface area contributed by atoms with E-state index in [-0.39, 0.29) is 24.0 Å². The van der Waals surface area contributed by atoms with Crippen LogP contribution in [0.3, 0.4) is 0 Å². The zero-order valence-corrected chi connectivity index (χ0v) is 14.5. The van der Waals surface area contributed by atoms with Crippen LogP contribution in [-0.2, 0) is 17.6 Å². The number of urea groups is 1. The van der Waals surface area contributed by atoms with Gasteiger partial charge in [0.25, 0.3) is 0 Å². The molecule has 0 spiro atoms. The van der Waals surface area contributed by atoms with Crippen molar-refractivity contribution in [1.29, 1.82) is 0 Å². The number of hydrogen-bond donors (Lipinski definition) is 3. The van der Waals surface area contributed by atoms with Crippen molar-refractivity contribution < 1.29 is 9.59 Å². The van der Waals surface area contributed by atoms with Crippen LogP contribution in [0, 0.1) is 0 Å². The van der Waals surface area contributed by atoms with Crippen molar-refractivity contribution in [3.05, 3.63) is 65.2 Å². The topological polar surface area (TPSA) is 70.2 Å². The first-order valence-corrected chi connectivity index (χ1v) is 8.52. The highest BCUT2D eigenvalue weighted by molar-refractivity contribution is 5.88. The molecule has 0 saturated heterocycles. The van der Waals surface area contributed by atoms with Gasteiger partial charge in [0.1, 0.15) is 0 Å². The van der Waals surface area contributed by atoms with Crippen molar-refractivity contribution in [2.75, 3.05) is 5.32 Å². The molecule has 3 amide bonds. The summed E-state index contributed by atoms with van der Waals surface area (Å²) in [4.78, 5) is 23.5. The van der Waals surface area contributed by atoms with Crippen LogP contribution in [0.15, 0.2) is 48.5 Å². The lowest BCUT2D eigenvalue weighted by atomic mass is 10.1. The van der Waals surface area contributed by atoms with E-state index in [2.05, 4.69) is 28.1 Å². The highest BCUT2D eigenvalue weighted by Crippen LogP contribution is 2.22. The van der Waals surface area contributed by atoms with Gasteiger partial charge in [-0.15, -0.1) is 0 Å². The number of rotatable bonds is 4. The molecule has 3 rings (SSSR count). The molecule has 0 heterocycles. The Hall–Kier alpha value is -2.82. The Balaban J connectivity index is 1.55. The summed E-state index contributed by atoms with van der Waals surface area (Å²) in [5.41, 5.74) is 4.29. The van der Waals surface area contributed by atoms with Crippen molar-refractivity contribution >= 4 is 17.6 Å². The van der Waals surface area contributed by atoms with Crippen LogP contribution < -0.4 is 16.0 Å². The SMILES string of the molecule is CC(=O)Nc1cccc(C(C)NC(=O)NC2Cc3ccccc3C2)c1. The van der Waals surface area contributed by atoms with Crippen LogP contribution in [-0.4, -0.2) is 18.0 Å². The first-order chi connectivity index (χ1) is 12.0. The van der Waals surface area contributed by atoms with E-state index in [1.54, 1.807) is 0 Å². The highest BCUT2D eigenvalue weighted by Gasteiger charge is 2.22. The van der Waals surface area contributed by atoms with Crippen LogP contribution in [0.5, 0.6) is 0 Å². The van der Waals surface area contributed by atoms with Gasteiger partial charge < -0.3 is 16.0 Å². The lowest BCUT2D eigenvalue weighted by molar-refractivity contribution is -0.114. The third-order valence-corrected chi connectivity index (χ3v) is 4.44. The van der Waals surface area contributed by atoms with Gasteiger partial charge in [0.15, 0.2) is 0 Å². The van der Waals surface area contributed by atoms with Gasteiger partial charge in [-0.05, 0) is 48.6 Å². The van der Waals surface area contributed by atoms with E-state index in [0.29, 0.717) is 0 Å². The Labute approximate surface area is 147 Å². The van der Waals surface area contributed by atoms with Crippen molar-refractivity contribution in [3.63, 3.8) is 0 Å². The summed E-state index contributed by atoms with van der Waals surface area (Å²) < 4.78 is 0. The first kappa shape index (κ1) is 17.0. The molecule has 5 nitrogen and oxygen atoms in total. The molecule has 1 unspecified atom stereocenters. The molecule has 0 radical (unpaired) electrons. The second-order valence-electron chi connectivity index (χ2n) is 6.52. The molecule has 2 aromatic rings. The van der Waals surface area contributed by atoms with E-state index in [0.717, 1.165) is 24.1 Å². The number of benzene rings is 2. The fourth-order valence-electron chi connectivity index (χ4n) is 3.26. The van der Waals surface area contributed by atoms with Crippen molar-refractivity contribution in [1.82, 2.24) is 10.6 Å². The number of hydrogen-bond acceptors (Lipinski definition) is 2. The van der Waals surface area contributed by atoms with Crippen LogP contribution in [0.1, 0.15) is 36.6 Å². The molecule has 2 aromatic carbocycles. The normalized spacial score (nSPS) is 14.5. The van der Waals surface area contributed by atoms with Gasteiger partial charge in [-0.3, -0.25) is 4.79 Å². The molecule has 3 N–H and O–H groups in total. The number of carbonyl (C=O) groups is 2. The van der Waals surface area contributed by atoms with Gasteiger partial charge >= 0.3 is 6.03 Å². The van der Waals surface area contributed by atoms with Gasteiger partial charge in [-0.1, -0.05) is 36.4 Å². The molecule has 1 atom stereocenters. The Morgan fingerprint density at radius 3 is 2.36 bits per heavy atom. The predicted octanol–water partition coefficient (Wildman–Crippen LogP) is 3.17. The Bertz CT molecular complexity index is 763. The second kappa shape index (κ2) is 7.38. The predicted molar refractivity (Wildman–Crippen MR) is 98.5 cm³/mol. The van der Waals surface area contributed by atoms with E-state index < -0.39 is 0 Å². The minimum Gasteiger partial charge on any atom is -0.335 e. The maximum atomic E-state index is 12.3. The van der Waals surface area contributed by atoms with E-state index in [9.17, 15) is 9.59 Å². The van der Waals surface area contributed by atoms with Crippen LogP contribution in [0.4, 0.5) is 10.5 Å². The number of fused-ring (bicyclic) bond motifs is 1. The van der Waals surface area contributed by atoms with E-state index >= 15 is 0 Å². The number of nitrogens with one attached hydrogen (secondary N) is 3. The molecule has 0 aromatic heterocycles. The Kier molecular flexibility index (Phi) is 5.03. The highest BCUT2D eigenvalue weighted by atomic mass is 16.2. The van der Waals surface area contributed by atoms with Crippen LogP contribution in [0.25, 0.3) is 0 Å². The molecule has 0 fully saturated rings. The average molecular weight is 337 g/mol. The van der Waals surface area contributed by atoms with Gasteiger partial charge in [0.2, 0.25) is 5.91 Å². The number of carbonyl (C=O) groups excluding carboxylic acids is 2. The third kappa shape index (κ3) is 4.38. The summed E-state index contributed by atoms with van der Waals surface area (Å²) in [5.74, 6) is -0.115. The van der Waals surface area contributed by atoms with Crippen LogP contribution >= 0.6 is 0 Å². The maximum Gasteiger partial charge on any atom is 0.315 e. The van der Waals surface area contributed by atoms with Crippen molar-refractivity contribution in [2.45, 2.75) is 38.8 Å². The van der Waals surface area contributed by atoms with Gasteiger partial charge in [-0.25, -0.2) is 4.79 Å². The Morgan fingerprint density at radius 1 is 1.04 bits per heavy atom. The second-order valence-corrected chi connectivity index (χ2v) is 6.52. The molecule has 1 aliphatic carbocycles. The molecule has 130 valence electrons. The third-order valence-electron chi connectivity index (χ3n) is 4.44. The molecule has 1 aliphatic rings. The number of amides is 3. The quantitative estimate of drug-likeness (QED) is 0.802. The number of anilines is 1. The largest absolute Gasteiger partial charge is 0.335 e. The summed E-state index contributed by atoms with van der Waals surface area (Å²) in [6, 6.07) is 15.6. The summed E-state index contributed by atoms with van der Waals surface area (Å²) in [6.45, 7) is 3.40. The average Bonchev–Trinajstić information content (AvgIpc) is 2.96. The first-order valence-electron chi connectivity index (χ1n) is 8.52. The van der Waals surface area contributed by atoms with E-state index in [4.69, 9.17) is 0 Å². The lowest BCUT2D eigenvalue weighted by Crippen LogP contribution is -2.43. The Morgan fingerprint density at radius 2 is 1.72 bits per heavy atom. The summed E-state index contributed by atoms with van der Waals surface area (Å²) in [7, 11) is 0. The van der Waals surface area contributed by atoms with E-state index in [1.807, 2.05) is 43.3 Å². The molecule has 0 saturated carbocycles. The summed E-state index contributed by atoms with van der Waals surface area (Å²) in [5, 5.41) is 8.78. The molecule has 0 aliphatic heterocycles. The monoisotopic (exact) mass is 337 g/mol. The molecule has 0 bridgehead atoms. The maximum absolute atomic E-state index is 12.3. The minimum absolute atomic E-state index is 0.115. The molecular weight excluding hydrogens is 314 g/mol.